The van der Waals surface area contributed by atoms with E-state index in [1.807, 2.05) is 43.4 Å². The third-order valence-electron chi connectivity index (χ3n) is 6.01. The highest BCUT2D eigenvalue weighted by Crippen LogP contribution is 2.29. The van der Waals surface area contributed by atoms with Crippen molar-refractivity contribution >= 4 is 33.7 Å². The maximum atomic E-state index is 13.2. The minimum Gasteiger partial charge on any atom is -0.378 e. The minimum atomic E-state index is 0.0514. The van der Waals surface area contributed by atoms with Crippen LogP contribution in [-0.2, 0) is 6.42 Å². The first-order valence-electron chi connectivity index (χ1n) is 10.5. The number of rotatable bonds is 4. The van der Waals surface area contributed by atoms with Crippen LogP contribution in [0, 0.1) is 0 Å². The van der Waals surface area contributed by atoms with E-state index in [1.54, 1.807) is 0 Å². The number of benzene rings is 1. The Bertz CT molecular complexity index is 1240. The lowest BCUT2D eigenvalue weighted by Crippen LogP contribution is -2.29. The number of H-pyrrole nitrogens is 1. The van der Waals surface area contributed by atoms with Crippen LogP contribution in [0.3, 0.4) is 0 Å². The van der Waals surface area contributed by atoms with Gasteiger partial charge < -0.3 is 19.4 Å². The number of pyridine rings is 1. The van der Waals surface area contributed by atoms with Crippen molar-refractivity contribution in [1.82, 2.24) is 24.4 Å². The quantitative estimate of drug-likeness (QED) is 0.566. The van der Waals surface area contributed by atoms with Crippen LogP contribution >= 0.6 is 0 Å². The molecule has 0 bridgehead atoms. The molecule has 1 aromatic carbocycles. The number of imidazole rings is 1. The summed E-state index contributed by atoms with van der Waals surface area (Å²) in [7, 11) is 4.03. The summed E-state index contributed by atoms with van der Waals surface area (Å²) in [5.74, 6) is 1.08. The standard InChI is InChI=1S/C23H26N6O/c1-4-21-26-18-6-5-10-24-22(18)29(21)17-9-11-28(14-17)23(30)20-12-15-7-8-16(27(2)3)13-19(15)25-20/h5-8,10,12-13,17,25H,4,9,11,14H2,1-3H3. The van der Waals surface area contributed by atoms with E-state index >= 15 is 0 Å². The van der Waals surface area contributed by atoms with Gasteiger partial charge in [-0.05, 0) is 36.8 Å². The second-order valence-electron chi connectivity index (χ2n) is 8.14. The fraction of sp³-hybridized carbons (Fsp3) is 0.348. The van der Waals surface area contributed by atoms with Crippen molar-refractivity contribution in [3.8, 4) is 0 Å². The molecule has 1 N–H and O–H groups in total. The fourth-order valence-electron chi connectivity index (χ4n) is 4.43. The highest BCUT2D eigenvalue weighted by molar-refractivity contribution is 5.98. The van der Waals surface area contributed by atoms with Crippen LogP contribution < -0.4 is 4.90 Å². The summed E-state index contributed by atoms with van der Waals surface area (Å²) < 4.78 is 2.23. The lowest BCUT2D eigenvalue weighted by atomic mass is 10.2. The molecule has 4 heterocycles. The molecule has 0 saturated carbocycles. The van der Waals surface area contributed by atoms with Crippen molar-refractivity contribution in [2.45, 2.75) is 25.8 Å². The molecular weight excluding hydrogens is 376 g/mol. The number of aryl methyl sites for hydroxylation is 1. The molecule has 3 aromatic heterocycles. The first-order valence-corrected chi connectivity index (χ1v) is 10.5. The summed E-state index contributed by atoms with van der Waals surface area (Å²) in [5.41, 5.74) is 4.57. The molecule has 7 heteroatoms. The number of hydrogen-bond acceptors (Lipinski definition) is 4. The molecule has 154 valence electrons. The molecule has 4 aromatic rings. The third kappa shape index (κ3) is 3.01. The topological polar surface area (TPSA) is 70.1 Å². The van der Waals surface area contributed by atoms with Crippen LogP contribution in [0.15, 0.2) is 42.6 Å². The molecule has 1 aliphatic heterocycles. The Balaban J connectivity index is 1.41. The van der Waals surface area contributed by atoms with E-state index in [-0.39, 0.29) is 11.9 Å². The van der Waals surface area contributed by atoms with Gasteiger partial charge in [0.25, 0.3) is 5.91 Å². The summed E-state index contributed by atoms with van der Waals surface area (Å²) >= 11 is 0. The van der Waals surface area contributed by atoms with Gasteiger partial charge in [-0.15, -0.1) is 0 Å². The SMILES string of the molecule is CCc1nc2cccnc2n1C1CCN(C(=O)c2cc3ccc(N(C)C)cc3[nH]2)C1. The predicted octanol–water partition coefficient (Wildman–Crippen LogP) is 3.63. The van der Waals surface area contributed by atoms with Crippen LogP contribution in [0.5, 0.6) is 0 Å². The average Bonchev–Trinajstić information content (AvgIpc) is 3.47. The smallest absolute Gasteiger partial charge is 0.270 e. The lowest BCUT2D eigenvalue weighted by Gasteiger charge is -2.18. The summed E-state index contributed by atoms with van der Waals surface area (Å²) in [6, 6.07) is 12.3. The number of aromatic amines is 1. The number of amides is 1. The van der Waals surface area contributed by atoms with Crippen molar-refractivity contribution in [3.05, 3.63) is 54.1 Å². The van der Waals surface area contributed by atoms with E-state index in [0.29, 0.717) is 12.2 Å². The third-order valence-corrected chi connectivity index (χ3v) is 6.01. The molecule has 1 saturated heterocycles. The summed E-state index contributed by atoms with van der Waals surface area (Å²) in [6.45, 7) is 3.52. The van der Waals surface area contributed by atoms with Crippen molar-refractivity contribution in [1.29, 1.82) is 0 Å². The van der Waals surface area contributed by atoms with E-state index < -0.39 is 0 Å². The Labute approximate surface area is 175 Å². The first kappa shape index (κ1) is 18.7. The van der Waals surface area contributed by atoms with Crippen molar-refractivity contribution in [3.63, 3.8) is 0 Å². The zero-order chi connectivity index (χ0) is 20.8. The van der Waals surface area contributed by atoms with E-state index in [0.717, 1.165) is 53.0 Å². The number of nitrogens with zero attached hydrogens (tertiary/aromatic N) is 5. The summed E-state index contributed by atoms with van der Waals surface area (Å²) in [6.07, 6.45) is 3.56. The molecule has 0 spiro atoms. The Morgan fingerprint density at radius 1 is 1.27 bits per heavy atom. The number of aromatic nitrogens is 4. The number of carbonyl (C=O) groups excluding carboxylic acids is 1. The number of anilines is 1. The average molecular weight is 403 g/mol. The van der Waals surface area contributed by atoms with E-state index in [4.69, 9.17) is 4.98 Å². The highest BCUT2D eigenvalue weighted by Gasteiger charge is 2.31. The minimum absolute atomic E-state index is 0.0514. The second-order valence-corrected chi connectivity index (χ2v) is 8.14. The van der Waals surface area contributed by atoms with Gasteiger partial charge >= 0.3 is 0 Å². The lowest BCUT2D eigenvalue weighted by molar-refractivity contribution is 0.0783. The molecule has 5 rings (SSSR count). The summed E-state index contributed by atoms with van der Waals surface area (Å²) in [4.78, 5) is 29.8. The van der Waals surface area contributed by atoms with E-state index in [9.17, 15) is 4.79 Å². The number of likely N-dealkylation sites (tertiary alicyclic amines) is 1. The fourth-order valence-corrected chi connectivity index (χ4v) is 4.43. The van der Waals surface area contributed by atoms with Gasteiger partial charge in [-0.1, -0.05) is 13.0 Å². The van der Waals surface area contributed by atoms with Crippen LogP contribution in [0.25, 0.3) is 22.1 Å². The highest BCUT2D eigenvalue weighted by atomic mass is 16.2. The van der Waals surface area contributed by atoms with Crippen molar-refractivity contribution in [2.75, 3.05) is 32.1 Å². The van der Waals surface area contributed by atoms with Gasteiger partial charge in [0, 0.05) is 56.4 Å². The van der Waals surface area contributed by atoms with Crippen LogP contribution in [0.1, 0.15) is 35.7 Å². The number of nitrogens with one attached hydrogen (secondary N) is 1. The first-order chi connectivity index (χ1) is 14.5. The van der Waals surface area contributed by atoms with Gasteiger partial charge in [0.15, 0.2) is 5.65 Å². The van der Waals surface area contributed by atoms with Gasteiger partial charge in [0.2, 0.25) is 0 Å². The molecule has 1 aliphatic rings. The normalized spacial score (nSPS) is 16.6. The number of carbonyl (C=O) groups is 1. The van der Waals surface area contributed by atoms with Crippen LogP contribution in [-0.4, -0.2) is 57.5 Å². The van der Waals surface area contributed by atoms with Gasteiger partial charge in [0.1, 0.15) is 17.0 Å². The molecule has 1 fully saturated rings. The summed E-state index contributed by atoms with van der Waals surface area (Å²) in [5, 5.41) is 1.05. The molecule has 0 aliphatic carbocycles. The van der Waals surface area contributed by atoms with E-state index in [2.05, 4.69) is 44.6 Å². The Morgan fingerprint density at radius 2 is 2.13 bits per heavy atom. The maximum absolute atomic E-state index is 13.2. The van der Waals surface area contributed by atoms with Gasteiger partial charge in [-0.3, -0.25) is 4.79 Å². The zero-order valence-electron chi connectivity index (χ0n) is 17.6. The van der Waals surface area contributed by atoms with Gasteiger partial charge in [-0.2, -0.15) is 0 Å². The number of hydrogen-bond donors (Lipinski definition) is 1. The second kappa shape index (κ2) is 7.16. The molecule has 1 atom stereocenters. The molecule has 1 unspecified atom stereocenters. The number of fused-ring (bicyclic) bond motifs is 2. The molecule has 0 radical (unpaired) electrons. The largest absolute Gasteiger partial charge is 0.378 e. The Kier molecular flexibility index (Phi) is 4.46. The molecular formula is C23H26N6O. The Hall–Kier alpha value is -3.35. The molecule has 1 amide bonds. The van der Waals surface area contributed by atoms with Crippen LogP contribution in [0.2, 0.25) is 0 Å². The Morgan fingerprint density at radius 3 is 2.93 bits per heavy atom. The zero-order valence-corrected chi connectivity index (χ0v) is 17.6. The predicted molar refractivity (Wildman–Crippen MR) is 119 cm³/mol. The van der Waals surface area contributed by atoms with Gasteiger partial charge in [-0.25, -0.2) is 9.97 Å². The van der Waals surface area contributed by atoms with Crippen LogP contribution in [0.4, 0.5) is 5.69 Å². The van der Waals surface area contributed by atoms with Crippen molar-refractivity contribution < 1.29 is 4.79 Å². The van der Waals surface area contributed by atoms with E-state index in [1.165, 1.54) is 0 Å². The van der Waals surface area contributed by atoms with Gasteiger partial charge in [0.05, 0.1) is 6.04 Å². The molecule has 30 heavy (non-hydrogen) atoms. The van der Waals surface area contributed by atoms with Crippen molar-refractivity contribution in [2.24, 2.45) is 0 Å². The maximum Gasteiger partial charge on any atom is 0.270 e. The monoisotopic (exact) mass is 402 g/mol. The molecule has 7 nitrogen and oxygen atoms in total.